The molecule has 0 aliphatic carbocycles. The molecule has 3 heterocycles. The van der Waals surface area contributed by atoms with Gasteiger partial charge in [0.2, 0.25) is 5.91 Å². The molecule has 0 bridgehead atoms. The van der Waals surface area contributed by atoms with Crippen LogP contribution in [0, 0.1) is 6.92 Å². The molecule has 1 saturated heterocycles. The second kappa shape index (κ2) is 6.78. The summed E-state index contributed by atoms with van der Waals surface area (Å²) in [6, 6.07) is 7.84. The van der Waals surface area contributed by atoms with Gasteiger partial charge in [-0.3, -0.25) is 9.89 Å². The Kier molecular flexibility index (Phi) is 4.34. The fourth-order valence-electron chi connectivity index (χ4n) is 3.58. The molecule has 1 atom stereocenters. The number of nitrogens with zero attached hydrogens (tertiary/aromatic N) is 2. The Morgan fingerprint density at radius 2 is 2.12 bits per heavy atom. The topological polar surface area (TPSA) is 67.5 Å². The summed E-state index contributed by atoms with van der Waals surface area (Å²) in [6.07, 6.45) is 2.49. The number of carbonyl (C=O) groups excluding carboxylic acids is 1. The van der Waals surface area contributed by atoms with Crippen LogP contribution >= 0.6 is 0 Å². The average molecular weight is 341 g/mol. The van der Waals surface area contributed by atoms with E-state index in [4.69, 9.17) is 9.47 Å². The highest BCUT2D eigenvalue weighted by Crippen LogP contribution is 2.31. The van der Waals surface area contributed by atoms with Crippen LogP contribution in [-0.4, -0.2) is 47.3 Å². The van der Waals surface area contributed by atoms with Crippen molar-refractivity contribution < 1.29 is 14.3 Å². The molecule has 2 aliphatic heterocycles. The highest BCUT2D eigenvalue weighted by atomic mass is 16.6. The summed E-state index contributed by atoms with van der Waals surface area (Å²) in [5.74, 6) is 1.98. The summed E-state index contributed by atoms with van der Waals surface area (Å²) in [5, 5.41) is 7.37. The quantitative estimate of drug-likeness (QED) is 0.931. The van der Waals surface area contributed by atoms with E-state index in [-0.39, 0.29) is 5.91 Å². The number of ether oxygens (including phenoxy) is 2. The van der Waals surface area contributed by atoms with E-state index >= 15 is 0 Å². The smallest absolute Gasteiger partial charge is 0.227 e. The average Bonchev–Trinajstić information content (AvgIpc) is 3.08. The Hall–Kier alpha value is -2.50. The van der Waals surface area contributed by atoms with Gasteiger partial charge in [0.25, 0.3) is 0 Å². The van der Waals surface area contributed by atoms with Crippen molar-refractivity contribution >= 4 is 5.91 Å². The molecular weight excluding hydrogens is 318 g/mol. The van der Waals surface area contributed by atoms with Gasteiger partial charge in [-0.1, -0.05) is 6.07 Å². The van der Waals surface area contributed by atoms with Crippen LogP contribution in [0.4, 0.5) is 0 Å². The number of hydrogen-bond acceptors (Lipinski definition) is 4. The van der Waals surface area contributed by atoms with Crippen molar-refractivity contribution in [2.75, 3.05) is 26.3 Å². The van der Waals surface area contributed by atoms with E-state index in [1.54, 1.807) is 0 Å². The fraction of sp³-hybridized carbons (Fsp3) is 0.474. The third-order valence-electron chi connectivity index (χ3n) is 4.88. The number of aryl methyl sites for hydroxylation is 1. The monoisotopic (exact) mass is 341 g/mol. The molecule has 0 spiro atoms. The molecule has 1 unspecified atom stereocenters. The van der Waals surface area contributed by atoms with Crippen LogP contribution in [0.3, 0.4) is 0 Å². The molecule has 2 aromatic rings. The molecule has 0 radical (unpaired) electrons. The van der Waals surface area contributed by atoms with E-state index in [1.807, 2.05) is 30.0 Å². The molecule has 1 amide bonds. The number of aromatic amines is 1. The van der Waals surface area contributed by atoms with Gasteiger partial charge < -0.3 is 14.4 Å². The zero-order valence-electron chi connectivity index (χ0n) is 14.5. The SMILES string of the molecule is Cc1cc(C2CCCN(C(=O)Cc3ccc4c(c3)OCCO4)C2)n[nH]1. The molecule has 1 fully saturated rings. The standard InChI is InChI=1S/C19H23N3O3/c1-13-9-16(21-20-13)15-3-2-6-22(12-15)19(23)11-14-4-5-17-18(10-14)25-8-7-24-17/h4-5,9-10,15H,2-3,6-8,11-12H2,1H3,(H,20,21). The predicted molar refractivity (Wildman–Crippen MR) is 93.0 cm³/mol. The first kappa shape index (κ1) is 16.0. The van der Waals surface area contributed by atoms with E-state index in [9.17, 15) is 4.79 Å². The second-order valence-electron chi connectivity index (χ2n) is 6.81. The first-order chi connectivity index (χ1) is 12.2. The maximum absolute atomic E-state index is 12.7. The highest BCUT2D eigenvalue weighted by molar-refractivity contribution is 5.79. The van der Waals surface area contributed by atoms with Crippen molar-refractivity contribution in [2.45, 2.75) is 32.1 Å². The van der Waals surface area contributed by atoms with Gasteiger partial charge in [0, 0.05) is 24.7 Å². The van der Waals surface area contributed by atoms with Crippen LogP contribution in [0.15, 0.2) is 24.3 Å². The lowest BCUT2D eigenvalue weighted by Gasteiger charge is -2.32. The number of likely N-dealkylation sites (tertiary alicyclic amines) is 1. The van der Waals surface area contributed by atoms with Crippen LogP contribution in [0.5, 0.6) is 11.5 Å². The first-order valence-electron chi connectivity index (χ1n) is 8.87. The minimum absolute atomic E-state index is 0.161. The second-order valence-corrected chi connectivity index (χ2v) is 6.81. The van der Waals surface area contributed by atoms with Gasteiger partial charge in [-0.05, 0) is 43.5 Å². The molecule has 1 aromatic carbocycles. The largest absolute Gasteiger partial charge is 0.486 e. The predicted octanol–water partition coefficient (Wildman–Crippen LogP) is 2.44. The third kappa shape index (κ3) is 3.48. The van der Waals surface area contributed by atoms with Crippen LogP contribution < -0.4 is 9.47 Å². The number of benzene rings is 1. The van der Waals surface area contributed by atoms with Gasteiger partial charge in [0.05, 0.1) is 12.1 Å². The van der Waals surface area contributed by atoms with E-state index in [2.05, 4.69) is 16.3 Å². The van der Waals surface area contributed by atoms with E-state index in [1.165, 1.54) is 0 Å². The number of amides is 1. The van der Waals surface area contributed by atoms with Crippen molar-refractivity contribution in [2.24, 2.45) is 0 Å². The molecule has 6 heteroatoms. The van der Waals surface area contributed by atoms with Crippen molar-refractivity contribution in [1.82, 2.24) is 15.1 Å². The Morgan fingerprint density at radius 3 is 2.92 bits per heavy atom. The lowest BCUT2D eigenvalue weighted by atomic mass is 9.94. The minimum Gasteiger partial charge on any atom is -0.486 e. The summed E-state index contributed by atoms with van der Waals surface area (Å²) in [5.41, 5.74) is 3.09. The Balaban J connectivity index is 1.42. The molecule has 1 aromatic heterocycles. The van der Waals surface area contributed by atoms with Crippen LogP contribution in [0.2, 0.25) is 0 Å². The fourth-order valence-corrected chi connectivity index (χ4v) is 3.58. The van der Waals surface area contributed by atoms with Crippen molar-refractivity contribution in [3.8, 4) is 11.5 Å². The zero-order chi connectivity index (χ0) is 17.2. The normalized spacial score (nSPS) is 19.7. The van der Waals surface area contributed by atoms with Gasteiger partial charge in [0.15, 0.2) is 11.5 Å². The maximum atomic E-state index is 12.7. The zero-order valence-corrected chi connectivity index (χ0v) is 14.5. The van der Waals surface area contributed by atoms with E-state index < -0.39 is 0 Å². The van der Waals surface area contributed by atoms with E-state index in [0.29, 0.717) is 25.6 Å². The third-order valence-corrected chi connectivity index (χ3v) is 4.88. The number of fused-ring (bicyclic) bond motifs is 1. The lowest BCUT2D eigenvalue weighted by molar-refractivity contribution is -0.131. The number of hydrogen-bond donors (Lipinski definition) is 1. The van der Waals surface area contributed by atoms with Crippen LogP contribution in [0.25, 0.3) is 0 Å². The van der Waals surface area contributed by atoms with Gasteiger partial charge in [-0.2, -0.15) is 5.10 Å². The highest BCUT2D eigenvalue weighted by Gasteiger charge is 2.26. The summed E-state index contributed by atoms with van der Waals surface area (Å²) in [6.45, 7) is 4.70. The number of carbonyl (C=O) groups is 1. The maximum Gasteiger partial charge on any atom is 0.227 e. The molecule has 132 valence electrons. The van der Waals surface area contributed by atoms with E-state index in [0.717, 1.165) is 54.4 Å². The summed E-state index contributed by atoms with van der Waals surface area (Å²) >= 11 is 0. The molecule has 2 aliphatic rings. The van der Waals surface area contributed by atoms with Gasteiger partial charge >= 0.3 is 0 Å². The summed E-state index contributed by atoms with van der Waals surface area (Å²) in [4.78, 5) is 14.7. The molecule has 1 N–H and O–H groups in total. The Labute approximate surface area is 147 Å². The van der Waals surface area contributed by atoms with Gasteiger partial charge in [-0.25, -0.2) is 0 Å². The van der Waals surface area contributed by atoms with Gasteiger partial charge in [-0.15, -0.1) is 0 Å². The lowest BCUT2D eigenvalue weighted by Crippen LogP contribution is -2.40. The van der Waals surface area contributed by atoms with Crippen molar-refractivity contribution in [1.29, 1.82) is 0 Å². The van der Waals surface area contributed by atoms with Crippen molar-refractivity contribution in [3.63, 3.8) is 0 Å². The number of rotatable bonds is 3. The summed E-state index contributed by atoms with van der Waals surface area (Å²) < 4.78 is 11.1. The summed E-state index contributed by atoms with van der Waals surface area (Å²) in [7, 11) is 0. The van der Waals surface area contributed by atoms with Gasteiger partial charge in [0.1, 0.15) is 13.2 Å². The number of aromatic nitrogens is 2. The number of H-pyrrole nitrogens is 1. The van der Waals surface area contributed by atoms with Crippen LogP contribution in [0.1, 0.15) is 35.7 Å². The first-order valence-corrected chi connectivity index (χ1v) is 8.87. The molecule has 0 saturated carbocycles. The van der Waals surface area contributed by atoms with Crippen LogP contribution in [-0.2, 0) is 11.2 Å². The molecule has 4 rings (SSSR count). The minimum atomic E-state index is 0.161. The molecule has 25 heavy (non-hydrogen) atoms. The molecular formula is C19H23N3O3. The Bertz CT molecular complexity index is 771. The molecule has 6 nitrogen and oxygen atoms in total. The number of nitrogens with one attached hydrogen (secondary N) is 1. The van der Waals surface area contributed by atoms with Crippen molar-refractivity contribution in [3.05, 3.63) is 41.2 Å². The Morgan fingerprint density at radius 1 is 1.28 bits per heavy atom. The number of piperidine rings is 1.